The molecule has 0 aromatic heterocycles. The van der Waals surface area contributed by atoms with Crippen molar-refractivity contribution in [2.75, 3.05) is 52.9 Å². The van der Waals surface area contributed by atoms with Crippen LogP contribution in [-0.2, 0) is 0 Å². The summed E-state index contributed by atoms with van der Waals surface area (Å²) in [4.78, 5) is 5.28. The third-order valence-corrected chi connectivity index (χ3v) is 5.51. The first-order valence-electron chi connectivity index (χ1n) is 9.07. The van der Waals surface area contributed by atoms with Crippen molar-refractivity contribution in [2.24, 2.45) is 5.92 Å². The first kappa shape index (κ1) is 19.5. The molecule has 0 radical (unpaired) electrons. The second-order valence-corrected chi connectivity index (χ2v) is 6.98. The van der Waals surface area contributed by atoms with Crippen LogP contribution in [0.2, 0.25) is 0 Å². The standard InChI is InChI=1S/C19H31N3O.ClH/c1-16(18-4-3-5-19(14-18)23-2)22-12-10-21(11-13-22)15-17-6-8-20-9-7-17;/h3-5,14,16-17,20H,6-13,15H2,1-2H3;1H. The van der Waals surface area contributed by atoms with Crippen molar-refractivity contribution >= 4 is 12.4 Å². The molecule has 24 heavy (non-hydrogen) atoms. The van der Waals surface area contributed by atoms with Crippen molar-refractivity contribution in [3.8, 4) is 5.75 Å². The molecule has 136 valence electrons. The minimum absolute atomic E-state index is 0. The third kappa shape index (κ3) is 5.09. The highest BCUT2D eigenvalue weighted by molar-refractivity contribution is 5.85. The Hall–Kier alpha value is -0.810. The molecule has 0 saturated carbocycles. The molecule has 3 rings (SSSR count). The number of rotatable bonds is 5. The molecule has 1 aromatic carbocycles. The van der Waals surface area contributed by atoms with Gasteiger partial charge in [0.05, 0.1) is 7.11 Å². The highest BCUT2D eigenvalue weighted by Crippen LogP contribution is 2.25. The number of piperidine rings is 1. The Labute approximate surface area is 153 Å². The maximum Gasteiger partial charge on any atom is 0.119 e. The van der Waals surface area contributed by atoms with Crippen LogP contribution in [0, 0.1) is 5.92 Å². The molecular formula is C19H32ClN3O. The molecule has 1 N–H and O–H groups in total. The molecule has 0 spiro atoms. The maximum atomic E-state index is 5.36. The fourth-order valence-corrected chi connectivity index (χ4v) is 3.87. The number of nitrogens with zero attached hydrogens (tertiary/aromatic N) is 2. The van der Waals surface area contributed by atoms with E-state index in [9.17, 15) is 0 Å². The van der Waals surface area contributed by atoms with Crippen molar-refractivity contribution in [1.82, 2.24) is 15.1 Å². The minimum atomic E-state index is 0. The highest BCUT2D eigenvalue weighted by Gasteiger charge is 2.24. The molecule has 1 atom stereocenters. The number of nitrogens with one attached hydrogen (secondary N) is 1. The molecule has 2 heterocycles. The van der Waals surface area contributed by atoms with Crippen molar-refractivity contribution in [3.63, 3.8) is 0 Å². The van der Waals surface area contributed by atoms with Crippen LogP contribution in [0.5, 0.6) is 5.75 Å². The largest absolute Gasteiger partial charge is 0.497 e. The van der Waals surface area contributed by atoms with E-state index in [4.69, 9.17) is 4.74 Å². The smallest absolute Gasteiger partial charge is 0.119 e. The molecule has 5 heteroatoms. The minimum Gasteiger partial charge on any atom is -0.497 e. The Morgan fingerprint density at radius 3 is 2.54 bits per heavy atom. The van der Waals surface area contributed by atoms with E-state index in [-0.39, 0.29) is 12.4 Å². The fourth-order valence-electron chi connectivity index (χ4n) is 3.87. The Morgan fingerprint density at radius 2 is 1.88 bits per heavy atom. The molecule has 2 saturated heterocycles. The van der Waals surface area contributed by atoms with E-state index >= 15 is 0 Å². The summed E-state index contributed by atoms with van der Waals surface area (Å²) in [5, 5.41) is 3.46. The summed E-state index contributed by atoms with van der Waals surface area (Å²) < 4.78 is 5.36. The number of methoxy groups -OCH3 is 1. The van der Waals surface area contributed by atoms with Gasteiger partial charge < -0.3 is 15.0 Å². The summed E-state index contributed by atoms with van der Waals surface area (Å²) in [6.45, 7) is 10.8. The van der Waals surface area contributed by atoms with Gasteiger partial charge in [0.2, 0.25) is 0 Å². The van der Waals surface area contributed by atoms with Crippen LogP contribution in [0.1, 0.15) is 31.4 Å². The molecule has 1 aromatic rings. The van der Waals surface area contributed by atoms with Gasteiger partial charge in [0.25, 0.3) is 0 Å². The Balaban J connectivity index is 0.00000208. The van der Waals surface area contributed by atoms with Gasteiger partial charge in [-0.3, -0.25) is 4.90 Å². The quantitative estimate of drug-likeness (QED) is 0.881. The molecule has 2 aliphatic rings. The van der Waals surface area contributed by atoms with Gasteiger partial charge in [0.15, 0.2) is 0 Å². The zero-order valence-corrected chi connectivity index (χ0v) is 15.9. The van der Waals surface area contributed by atoms with Crippen molar-refractivity contribution in [3.05, 3.63) is 29.8 Å². The summed E-state index contributed by atoms with van der Waals surface area (Å²) in [5.41, 5.74) is 1.36. The Kier molecular flexibility index (Phi) is 7.82. The summed E-state index contributed by atoms with van der Waals surface area (Å²) >= 11 is 0. The van der Waals surface area contributed by atoms with E-state index in [1.807, 2.05) is 6.07 Å². The summed E-state index contributed by atoms with van der Waals surface area (Å²) in [5.74, 6) is 1.86. The lowest BCUT2D eigenvalue weighted by Crippen LogP contribution is -2.49. The molecule has 1 unspecified atom stereocenters. The Morgan fingerprint density at radius 1 is 1.17 bits per heavy atom. The fraction of sp³-hybridized carbons (Fsp3) is 0.684. The van der Waals surface area contributed by atoms with Crippen molar-refractivity contribution in [2.45, 2.75) is 25.8 Å². The first-order valence-corrected chi connectivity index (χ1v) is 9.07. The van der Waals surface area contributed by atoms with E-state index in [1.165, 1.54) is 64.2 Å². The molecule has 2 aliphatic heterocycles. The molecule has 4 nitrogen and oxygen atoms in total. The Bertz CT molecular complexity index is 485. The monoisotopic (exact) mass is 353 g/mol. The lowest BCUT2D eigenvalue weighted by molar-refractivity contribution is 0.0868. The predicted octanol–water partition coefficient (Wildman–Crippen LogP) is 2.80. The lowest BCUT2D eigenvalue weighted by atomic mass is 9.97. The van der Waals surface area contributed by atoms with Crippen molar-refractivity contribution in [1.29, 1.82) is 0 Å². The van der Waals surface area contributed by atoms with E-state index in [0.717, 1.165) is 11.7 Å². The number of hydrogen-bond acceptors (Lipinski definition) is 4. The number of hydrogen-bond donors (Lipinski definition) is 1. The van der Waals surface area contributed by atoms with Crippen LogP contribution in [0.15, 0.2) is 24.3 Å². The molecule has 0 aliphatic carbocycles. The van der Waals surface area contributed by atoms with E-state index < -0.39 is 0 Å². The van der Waals surface area contributed by atoms with Gasteiger partial charge in [-0.05, 0) is 56.5 Å². The van der Waals surface area contributed by atoms with Crippen LogP contribution in [0.4, 0.5) is 0 Å². The van der Waals surface area contributed by atoms with Crippen molar-refractivity contribution < 1.29 is 4.74 Å². The number of ether oxygens (including phenoxy) is 1. The van der Waals surface area contributed by atoms with E-state index in [1.54, 1.807) is 7.11 Å². The molecule has 2 fully saturated rings. The molecule has 0 amide bonds. The maximum absolute atomic E-state index is 5.36. The van der Waals surface area contributed by atoms with E-state index in [0.29, 0.717) is 6.04 Å². The average Bonchev–Trinajstić information content (AvgIpc) is 2.63. The topological polar surface area (TPSA) is 27.7 Å². The average molecular weight is 354 g/mol. The summed E-state index contributed by atoms with van der Waals surface area (Å²) in [6.07, 6.45) is 2.70. The van der Waals surface area contributed by atoms with Gasteiger partial charge in [-0.2, -0.15) is 0 Å². The number of benzene rings is 1. The van der Waals surface area contributed by atoms with Gasteiger partial charge in [0, 0.05) is 38.8 Å². The number of halogens is 1. The normalized spacial score (nSPS) is 21.9. The van der Waals surface area contributed by atoms with Crippen LogP contribution in [-0.4, -0.2) is 62.7 Å². The zero-order valence-electron chi connectivity index (χ0n) is 15.0. The summed E-state index contributed by atoms with van der Waals surface area (Å²) in [6, 6.07) is 8.97. The predicted molar refractivity (Wildman–Crippen MR) is 102 cm³/mol. The zero-order chi connectivity index (χ0) is 16.1. The summed E-state index contributed by atoms with van der Waals surface area (Å²) in [7, 11) is 1.74. The van der Waals surface area contributed by atoms with Gasteiger partial charge in [0.1, 0.15) is 5.75 Å². The van der Waals surface area contributed by atoms with Crippen LogP contribution in [0.3, 0.4) is 0 Å². The second kappa shape index (κ2) is 9.62. The lowest BCUT2D eigenvalue weighted by Gasteiger charge is -2.40. The van der Waals surface area contributed by atoms with Gasteiger partial charge >= 0.3 is 0 Å². The number of piperazine rings is 1. The molecular weight excluding hydrogens is 322 g/mol. The van der Waals surface area contributed by atoms with Gasteiger partial charge in [-0.15, -0.1) is 12.4 Å². The highest BCUT2D eigenvalue weighted by atomic mass is 35.5. The van der Waals surface area contributed by atoms with Gasteiger partial charge in [-0.25, -0.2) is 0 Å². The SMILES string of the molecule is COc1cccc(C(C)N2CCN(CC3CCNCC3)CC2)c1.Cl. The van der Waals surface area contributed by atoms with Crippen LogP contribution in [0.25, 0.3) is 0 Å². The second-order valence-electron chi connectivity index (χ2n) is 6.98. The third-order valence-electron chi connectivity index (χ3n) is 5.51. The molecule has 0 bridgehead atoms. The van der Waals surface area contributed by atoms with Crippen LogP contribution >= 0.6 is 12.4 Å². The first-order chi connectivity index (χ1) is 11.3. The van der Waals surface area contributed by atoms with Crippen LogP contribution < -0.4 is 10.1 Å². The van der Waals surface area contributed by atoms with E-state index in [2.05, 4.69) is 40.2 Å². The van der Waals surface area contributed by atoms with Gasteiger partial charge in [-0.1, -0.05) is 12.1 Å².